The van der Waals surface area contributed by atoms with Crippen LogP contribution < -0.4 is 14.8 Å². The van der Waals surface area contributed by atoms with Crippen molar-refractivity contribution in [2.24, 2.45) is 0 Å². The molecule has 0 saturated carbocycles. The second-order valence-electron chi connectivity index (χ2n) is 6.54. The molecule has 2 rings (SSSR count). The number of hydrogen-bond acceptors (Lipinski definition) is 5. The first-order chi connectivity index (χ1) is 11.1. The predicted molar refractivity (Wildman–Crippen MR) is 96.2 cm³/mol. The molecule has 0 aliphatic rings. The van der Waals surface area contributed by atoms with Gasteiger partial charge in [-0.15, -0.1) is 0 Å². The first-order valence-electron chi connectivity index (χ1n) is 7.52. The number of anilines is 2. The summed E-state index contributed by atoms with van der Waals surface area (Å²) in [7, 11) is -2.15. The largest absolute Gasteiger partial charge is 0.496 e. The van der Waals surface area contributed by atoms with Gasteiger partial charge in [0.15, 0.2) is 0 Å². The van der Waals surface area contributed by atoms with Gasteiger partial charge in [0, 0.05) is 5.54 Å². The Morgan fingerprint density at radius 1 is 1.12 bits per heavy atom. The molecule has 7 heteroatoms. The molecule has 0 aliphatic heterocycles. The van der Waals surface area contributed by atoms with Crippen molar-refractivity contribution in [1.82, 2.24) is 4.98 Å². The van der Waals surface area contributed by atoms with E-state index in [0.29, 0.717) is 5.75 Å². The average Bonchev–Trinajstić information content (AvgIpc) is 2.47. The Bertz CT molecular complexity index is 810. The van der Waals surface area contributed by atoms with Crippen LogP contribution in [0.5, 0.6) is 5.75 Å². The number of rotatable bonds is 5. The third-order valence-electron chi connectivity index (χ3n) is 3.20. The first kappa shape index (κ1) is 18.1. The molecule has 0 fully saturated rings. The number of hydrogen-bond donors (Lipinski definition) is 2. The van der Waals surface area contributed by atoms with Crippen LogP contribution in [0.4, 0.5) is 11.5 Å². The molecule has 0 spiro atoms. The van der Waals surface area contributed by atoms with E-state index in [1.54, 1.807) is 44.5 Å². The van der Waals surface area contributed by atoms with E-state index in [1.165, 1.54) is 6.07 Å². The van der Waals surface area contributed by atoms with Crippen molar-refractivity contribution in [3.63, 3.8) is 0 Å². The second kappa shape index (κ2) is 6.68. The maximum absolute atomic E-state index is 12.5. The fourth-order valence-corrected chi connectivity index (χ4v) is 3.27. The van der Waals surface area contributed by atoms with Crippen LogP contribution in [0.25, 0.3) is 0 Å². The lowest BCUT2D eigenvalue weighted by atomic mass is 10.1. The van der Waals surface area contributed by atoms with Crippen molar-refractivity contribution in [1.29, 1.82) is 0 Å². The first-order valence-corrected chi connectivity index (χ1v) is 9.01. The highest BCUT2D eigenvalue weighted by Crippen LogP contribution is 2.23. The number of sulfonamides is 1. The zero-order valence-corrected chi connectivity index (χ0v) is 15.4. The summed E-state index contributed by atoms with van der Waals surface area (Å²) in [4.78, 5) is 4.32. The Hall–Kier alpha value is -2.28. The average molecular weight is 349 g/mol. The summed E-state index contributed by atoms with van der Waals surface area (Å²) in [6.07, 6.45) is 1.60. The van der Waals surface area contributed by atoms with Crippen molar-refractivity contribution in [3.8, 4) is 5.75 Å². The highest BCUT2D eigenvalue weighted by molar-refractivity contribution is 7.92. The standard InChI is InChI=1S/C17H23N3O3S/c1-12-10-14(7-8-15(12)23-5)24(21,22)20-16-9-6-13(11-18-16)19-17(2,3)4/h6-11,19H,1-5H3,(H,18,20). The minimum atomic E-state index is -3.70. The number of methoxy groups -OCH3 is 1. The number of nitrogens with zero attached hydrogens (tertiary/aromatic N) is 1. The van der Waals surface area contributed by atoms with Gasteiger partial charge in [0.05, 0.1) is 23.9 Å². The van der Waals surface area contributed by atoms with Gasteiger partial charge in [-0.3, -0.25) is 4.72 Å². The second-order valence-corrected chi connectivity index (χ2v) is 8.23. The summed E-state index contributed by atoms with van der Waals surface area (Å²) in [6, 6.07) is 8.12. The monoisotopic (exact) mass is 349 g/mol. The Labute approximate surface area is 143 Å². The summed E-state index contributed by atoms with van der Waals surface area (Å²) in [6.45, 7) is 7.91. The van der Waals surface area contributed by atoms with Gasteiger partial charge in [-0.2, -0.15) is 0 Å². The number of aromatic nitrogens is 1. The molecule has 2 aromatic rings. The van der Waals surface area contributed by atoms with E-state index >= 15 is 0 Å². The van der Waals surface area contributed by atoms with E-state index < -0.39 is 10.0 Å². The highest BCUT2D eigenvalue weighted by Gasteiger charge is 2.16. The van der Waals surface area contributed by atoms with Gasteiger partial charge in [0.25, 0.3) is 10.0 Å². The lowest BCUT2D eigenvalue weighted by molar-refractivity contribution is 0.411. The van der Waals surface area contributed by atoms with Crippen LogP contribution in [-0.2, 0) is 10.0 Å². The fourth-order valence-electron chi connectivity index (χ4n) is 2.18. The molecule has 1 aromatic heterocycles. The van der Waals surface area contributed by atoms with E-state index in [4.69, 9.17) is 4.74 Å². The summed E-state index contributed by atoms with van der Waals surface area (Å²) in [5.41, 5.74) is 1.48. The number of pyridine rings is 1. The molecule has 0 aliphatic carbocycles. The topological polar surface area (TPSA) is 80.3 Å². The van der Waals surface area contributed by atoms with Gasteiger partial charge in [-0.05, 0) is 63.6 Å². The smallest absolute Gasteiger partial charge is 0.263 e. The molecular weight excluding hydrogens is 326 g/mol. The third kappa shape index (κ3) is 4.61. The van der Waals surface area contributed by atoms with Crippen molar-refractivity contribution in [3.05, 3.63) is 42.1 Å². The summed E-state index contributed by atoms with van der Waals surface area (Å²) in [5, 5.41) is 3.27. The summed E-state index contributed by atoms with van der Waals surface area (Å²) in [5.74, 6) is 0.910. The van der Waals surface area contributed by atoms with Crippen LogP contribution in [0.1, 0.15) is 26.3 Å². The molecule has 0 saturated heterocycles. The maximum Gasteiger partial charge on any atom is 0.263 e. The number of nitrogens with one attached hydrogen (secondary N) is 2. The van der Waals surface area contributed by atoms with Crippen molar-refractivity contribution in [2.75, 3.05) is 17.1 Å². The van der Waals surface area contributed by atoms with Gasteiger partial charge in [0.1, 0.15) is 11.6 Å². The van der Waals surface area contributed by atoms with Gasteiger partial charge >= 0.3 is 0 Å². The van der Waals surface area contributed by atoms with Crippen LogP contribution in [0.15, 0.2) is 41.4 Å². The van der Waals surface area contributed by atoms with E-state index in [9.17, 15) is 8.42 Å². The van der Waals surface area contributed by atoms with E-state index in [0.717, 1.165) is 11.3 Å². The molecule has 0 bridgehead atoms. The Morgan fingerprint density at radius 3 is 2.33 bits per heavy atom. The third-order valence-corrected chi connectivity index (χ3v) is 4.55. The fraction of sp³-hybridized carbons (Fsp3) is 0.353. The number of aryl methyl sites for hydroxylation is 1. The SMILES string of the molecule is COc1ccc(S(=O)(=O)Nc2ccc(NC(C)(C)C)cn2)cc1C. The van der Waals surface area contributed by atoms with E-state index in [-0.39, 0.29) is 16.3 Å². The quantitative estimate of drug-likeness (QED) is 0.865. The minimum absolute atomic E-state index is 0.0939. The van der Waals surface area contributed by atoms with Crippen LogP contribution in [0.3, 0.4) is 0 Å². The van der Waals surface area contributed by atoms with Gasteiger partial charge in [0.2, 0.25) is 0 Å². The molecule has 0 unspecified atom stereocenters. The highest BCUT2D eigenvalue weighted by atomic mass is 32.2. The Kier molecular flexibility index (Phi) is 5.03. The molecule has 0 amide bonds. The lowest BCUT2D eigenvalue weighted by Gasteiger charge is -2.21. The van der Waals surface area contributed by atoms with Gasteiger partial charge in [-0.1, -0.05) is 0 Å². The lowest BCUT2D eigenvalue weighted by Crippen LogP contribution is -2.26. The molecule has 1 aromatic carbocycles. The normalized spacial score (nSPS) is 11.9. The van der Waals surface area contributed by atoms with Crippen LogP contribution >= 0.6 is 0 Å². The summed E-state index contributed by atoms with van der Waals surface area (Å²) < 4.78 is 32.6. The van der Waals surface area contributed by atoms with E-state index in [1.807, 2.05) is 20.8 Å². The molecule has 0 atom stereocenters. The predicted octanol–water partition coefficient (Wildman–Crippen LogP) is 3.41. The molecule has 6 nitrogen and oxygen atoms in total. The van der Waals surface area contributed by atoms with Crippen LogP contribution in [-0.4, -0.2) is 26.1 Å². The summed E-state index contributed by atoms with van der Waals surface area (Å²) >= 11 is 0. The molecular formula is C17H23N3O3S. The number of benzene rings is 1. The Balaban J connectivity index is 2.18. The van der Waals surface area contributed by atoms with Crippen molar-refractivity contribution in [2.45, 2.75) is 38.1 Å². The van der Waals surface area contributed by atoms with Crippen molar-refractivity contribution < 1.29 is 13.2 Å². The van der Waals surface area contributed by atoms with Gasteiger partial charge in [-0.25, -0.2) is 13.4 Å². The van der Waals surface area contributed by atoms with Crippen LogP contribution in [0, 0.1) is 6.92 Å². The number of ether oxygens (including phenoxy) is 1. The van der Waals surface area contributed by atoms with Gasteiger partial charge < -0.3 is 10.1 Å². The molecule has 1 heterocycles. The van der Waals surface area contributed by atoms with Crippen molar-refractivity contribution >= 4 is 21.5 Å². The molecule has 0 radical (unpaired) electrons. The maximum atomic E-state index is 12.5. The molecule has 130 valence electrons. The molecule has 2 N–H and O–H groups in total. The minimum Gasteiger partial charge on any atom is -0.496 e. The molecule has 24 heavy (non-hydrogen) atoms. The van der Waals surface area contributed by atoms with Crippen LogP contribution in [0.2, 0.25) is 0 Å². The Morgan fingerprint density at radius 2 is 1.83 bits per heavy atom. The van der Waals surface area contributed by atoms with E-state index in [2.05, 4.69) is 15.0 Å². The zero-order chi connectivity index (χ0) is 18.0. The zero-order valence-electron chi connectivity index (χ0n) is 14.5.